The Bertz CT molecular complexity index is 1140. The largest absolute Gasteiger partial charge is 0.335 e. The number of nitrogens with zero attached hydrogens (tertiary/aromatic N) is 3. The van der Waals surface area contributed by atoms with Crippen LogP contribution in [0.2, 0.25) is 0 Å². The normalized spacial score (nSPS) is 24.1. The Hall–Kier alpha value is -2.67. The van der Waals surface area contributed by atoms with Gasteiger partial charge in [-0.3, -0.25) is 4.79 Å². The van der Waals surface area contributed by atoms with Crippen LogP contribution in [-0.2, 0) is 21.2 Å². The molecule has 150 valence electrons. The van der Waals surface area contributed by atoms with Crippen molar-refractivity contribution >= 4 is 26.8 Å². The van der Waals surface area contributed by atoms with Crippen LogP contribution in [0.5, 0.6) is 0 Å². The summed E-state index contributed by atoms with van der Waals surface area (Å²) in [7, 11) is -3.37. The lowest BCUT2D eigenvalue weighted by Crippen LogP contribution is -2.50. The molecule has 2 aliphatic heterocycles. The maximum atomic E-state index is 13.1. The Morgan fingerprint density at radius 1 is 0.966 bits per heavy atom. The molecule has 2 bridgehead atoms. The van der Waals surface area contributed by atoms with Crippen molar-refractivity contribution in [3.63, 3.8) is 0 Å². The first-order chi connectivity index (χ1) is 14.0. The van der Waals surface area contributed by atoms with Gasteiger partial charge >= 0.3 is 0 Å². The van der Waals surface area contributed by atoms with Crippen LogP contribution in [0.1, 0.15) is 25.7 Å². The minimum atomic E-state index is -3.37. The average molecular weight is 410 g/mol. The van der Waals surface area contributed by atoms with Gasteiger partial charge in [0.25, 0.3) is 0 Å². The molecule has 0 aliphatic carbocycles. The highest BCUT2D eigenvalue weighted by Gasteiger charge is 2.47. The molecule has 2 atom stereocenters. The average Bonchev–Trinajstić information content (AvgIpc) is 3.26. The first-order valence-electron chi connectivity index (χ1n) is 10.0. The summed E-state index contributed by atoms with van der Waals surface area (Å²) in [5.74, 6) is 0.0520. The first-order valence-corrected chi connectivity index (χ1v) is 11.6. The number of benzene rings is 2. The van der Waals surface area contributed by atoms with Gasteiger partial charge in [-0.25, -0.2) is 13.4 Å². The van der Waals surface area contributed by atoms with Crippen molar-refractivity contribution in [2.45, 2.75) is 54.5 Å². The third kappa shape index (κ3) is 3.13. The summed E-state index contributed by atoms with van der Waals surface area (Å²) in [6.07, 6.45) is 4.50. The highest BCUT2D eigenvalue weighted by Crippen LogP contribution is 2.40. The van der Waals surface area contributed by atoms with Gasteiger partial charge in [0.05, 0.1) is 27.5 Å². The van der Waals surface area contributed by atoms with Crippen molar-refractivity contribution in [3.8, 4) is 0 Å². The van der Waals surface area contributed by atoms with E-state index in [1.807, 2.05) is 39.8 Å². The Morgan fingerprint density at radius 3 is 2.34 bits per heavy atom. The van der Waals surface area contributed by atoms with Gasteiger partial charge in [0.2, 0.25) is 5.91 Å². The summed E-state index contributed by atoms with van der Waals surface area (Å²) in [5.41, 5.74) is 1.81. The second kappa shape index (κ2) is 6.99. The molecule has 5 rings (SSSR count). The number of para-hydroxylation sites is 2. The quantitative estimate of drug-likeness (QED) is 0.664. The van der Waals surface area contributed by atoms with E-state index < -0.39 is 15.1 Å². The molecule has 3 heterocycles. The molecule has 29 heavy (non-hydrogen) atoms. The van der Waals surface area contributed by atoms with Crippen LogP contribution in [0.4, 0.5) is 0 Å². The van der Waals surface area contributed by atoms with Crippen LogP contribution >= 0.6 is 0 Å². The van der Waals surface area contributed by atoms with Crippen LogP contribution in [0.25, 0.3) is 11.0 Å². The summed E-state index contributed by atoms with van der Waals surface area (Å²) in [6, 6.07) is 16.4. The third-order valence-electron chi connectivity index (χ3n) is 6.32. The third-order valence-corrected chi connectivity index (χ3v) is 8.51. The standard InChI is InChI=1S/C22H23N3O3S/c26-22(14-24-15-23-20-8-4-5-9-21(20)24)25-16-10-11-17(25)13-19(12-16)29(27,28)18-6-2-1-3-7-18/h1-9,15-17,19H,10-14H2. The predicted molar refractivity (Wildman–Crippen MR) is 110 cm³/mol. The van der Waals surface area contributed by atoms with Gasteiger partial charge in [0.15, 0.2) is 9.84 Å². The van der Waals surface area contributed by atoms with Crippen molar-refractivity contribution in [2.24, 2.45) is 0 Å². The second-order valence-electron chi connectivity index (χ2n) is 8.00. The van der Waals surface area contributed by atoms with Gasteiger partial charge in [-0.1, -0.05) is 30.3 Å². The van der Waals surface area contributed by atoms with Gasteiger partial charge < -0.3 is 9.47 Å². The zero-order valence-electron chi connectivity index (χ0n) is 16.0. The molecule has 0 radical (unpaired) electrons. The molecular formula is C22H23N3O3S. The molecule has 3 aromatic rings. The van der Waals surface area contributed by atoms with Crippen molar-refractivity contribution < 1.29 is 13.2 Å². The minimum absolute atomic E-state index is 0.000442. The fourth-order valence-electron chi connectivity index (χ4n) is 4.95. The zero-order valence-corrected chi connectivity index (χ0v) is 16.8. The molecule has 0 spiro atoms. The number of carbonyl (C=O) groups excluding carboxylic acids is 1. The van der Waals surface area contributed by atoms with Gasteiger partial charge in [-0.2, -0.15) is 0 Å². The lowest BCUT2D eigenvalue weighted by Gasteiger charge is -2.38. The zero-order chi connectivity index (χ0) is 20.0. The fourth-order valence-corrected chi connectivity index (χ4v) is 6.83. The number of piperidine rings is 1. The van der Waals surface area contributed by atoms with E-state index in [4.69, 9.17) is 0 Å². The Kier molecular flexibility index (Phi) is 4.42. The number of carbonyl (C=O) groups is 1. The minimum Gasteiger partial charge on any atom is -0.335 e. The predicted octanol–water partition coefficient (Wildman–Crippen LogP) is 3.03. The van der Waals surface area contributed by atoms with E-state index in [2.05, 4.69) is 4.98 Å². The summed E-state index contributed by atoms with van der Waals surface area (Å²) in [5, 5.41) is -0.416. The lowest BCUT2D eigenvalue weighted by atomic mass is 10.0. The second-order valence-corrected chi connectivity index (χ2v) is 10.2. The van der Waals surface area contributed by atoms with Gasteiger partial charge in [-0.15, -0.1) is 0 Å². The Morgan fingerprint density at radius 2 is 1.62 bits per heavy atom. The maximum Gasteiger partial charge on any atom is 0.243 e. The van der Waals surface area contributed by atoms with E-state index in [1.54, 1.807) is 30.6 Å². The molecule has 1 amide bonds. The molecule has 2 aromatic carbocycles. The molecule has 0 N–H and O–H groups in total. The fraction of sp³-hybridized carbons (Fsp3) is 0.364. The molecule has 6 nitrogen and oxygen atoms in total. The molecular weight excluding hydrogens is 386 g/mol. The molecule has 2 fully saturated rings. The first kappa shape index (κ1) is 18.4. The number of hydrogen-bond acceptors (Lipinski definition) is 4. The van der Waals surface area contributed by atoms with E-state index in [-0.39, 0.29) is 24.5 Å². The summed E-state index contributed by atoms with van der Waals surface area (Å²) >= 11 is 0. The highest BCUT2D eigenvalue weighted by molar-refractivity contribution is 7.92. The van der Waals surface area contributed by atoms with E-state index in [0.29, 0.717) is 17.7 Å². The van der Waals surface area contributed by atoms with E-state index >= 15 is 0 Å². The maximum absolute atomic E-state index is 13.1. The number of aromatic nitrogens is 2. The van der Waals surface area contributed by atoms with Crippen molar-refractivity contribution in [3.05, 3.63) is 60.9 Å². The summed E-state index contributed by atoms with van der Waals surface area (Å²) in [6.45, 7) is 0.240. The van der Waals surface area contributed by atoms with Gasteiger partial charge in [0.1, 0.15) is 6.54 Å². The monoisotopic (exact) mass is 409 g/mol. The number of imidazole rings is 1. The van der Waals surface area contributed by atoms with Crippen LogP contribution in [0.15, 0.2) is 65.8 Å². The smallest absolute Gasteiger partial charge is 0.243 e. The van der Waals surface area contributed by atoms with E-state index in [9.17, 15) is 13.2 Å². The summed E-state index contributed by atoms with van der Waals surface area (Å²) < 4.78 is 28.0. The SMILES string of the molecule is O=C(Cn1cnc2ccccc21)N1C2CCC1CC(S(=O)(=O)c1ccccc1)C2. The Labute approximate surface area is 170 Å². The highest BCUT2D eigenvalue weighted by atomic mass is 32.2. The molecule has 2 aliphatic rings. The number of fused-ring (bicyclic) bond motifs is 3. The molecule has 0 saturated carbocycles. The van der Waals surface area contributed by atoms with Crippen molar-refractivity contribution in [1.82, 2.24) is 14.5 Å². The molecule has 1 aromatic heterocycles. The van der Waals surface area contributed by atoms with Crippen LogP contribution in [-0.4, -0.2) is 46.1 Å². The van der Waals surface area contributed by atoms with E-state index in [0.717, 1.165) is 23.9 Å². The lowest BCUT2D eigenvalue weighted by molar-refractivity contribution is -0.136. The Balaban J connectivity index is 1.35. The van der Waals surface area contributed by atoms with Crippen molar-refractivity contribution in [2.75, 3.05) is 0 Å². The van der Waals surface area contributed by atoms with Gasteiger partial charge in [-0.05, 0) is 49.9 Å². The molecule has 2 unspecified atom stereocenters. The molecule has 2 saturated heterocycles. The number of rotatable bonds is 4. The van der Waals surface area contributed by atoms with E-state index in [1.165, 1.54) is 0 Å². The topological polar surface area (TPSA) is 72.3 Å². The summed E-state index contributed by atoms with van der Waals surface area (Å²) in [4.78, 5) is 19.8. The number of sulfone groups is 1. The van der Waals surface area contributed by atoms with Crippen molar-refractivity contribution in [1.29, 1.82) is 0 Å². The number of amides is 1. The van der Waals surface area contributed by atoms with Crippen LogP contribution in [0.3, 0.4) is 0 Å². The van der Waals surface area contributed by atoms with Crippen LogP contribution < -0.4 is 0 Å². The van der Waals surface area contributed by atoms with Crippen LogP contribution in [0, 0.1) is 0 Å². The number of hydrogen-bond donors (Lipinski definition) is 0. The molecule has 7 heteroatoms. The van der Waals surface area contributed by atoms with Gasteiger partial charge in [0, 0.05) is 12.1 Å².